The lowest BCUT2D eigenvalue weighted by atomic mass is 10.1. The number of carbonyl (C=O) groups excluding carboxylic acids is 1. The van der Waals surface area contributed by atoms with Gasteiger partial charge < -0.3 is 23.7 Å². The Balaban J connectivity index is 1.70. The summed E-state index contributed by atoms with van der Waals surface area (Å²) in [4.78, 5) is 12.2. The predicted molar refractivity (Wildman–Crippen MR) is 58.6 cm³/mol. The Morgan fingerprint density at radius 3 is 2.28 bits per heavy atom. The van der Waals surface area contributed by atoms with Crippen LogP contribution < -0.4 is 0 Å². The van der Waals surface area contributed by atoms with Crippen LogP contribution in [0.15, 0.2) is 0 Å². The molecule has 0 aromatic carbocycles. The molecule has 0 amide bonds. The van der Waals surface area contributed by atoms with Crippen molar-refractivity contribution in [2.75, 3.05) is 6.61 Å². The second kappa shape index (κ2) is 3.74. The number of ketones is 1. The van der Waals surface area contributed by atoms with E-state index in [1.54, 1.807) is 13.8 Å². The first-order valence-corrected chi connectivity index (χ1v) is 6.14. The summed E-state index contributed by atoms with van der Waals surface area (Å²) in [6.07, 6.45) is -2.35. The fourth-order valence-corrected chi connectivity index (χ4v) is 2.53. The van der Waals surface area contributed by atoms with Crippen molar-refractivity contribution in [1.29, 1.82) is 0 Å². The maximum absolute atomic E-state index is 12.2. The van der Waals surface area contributed by atoms with E-state index in [2.05, 4.69) is 0 Å². The van der Waals surface area contributed by atoms with Gasteiger partial charge in [0.1, 0.15) is 6.10 Å². The van der Waals surface area contributed by atoms with Gasteiger partial charge in [0.05, 0.1) is 6.61 Å². The van der Waals surface area contributed by atoms with Crippen LogP contribution in [0.4, 0.5) is 0 Å². The van der Waals surface area contributed by atoms with Gasteiger partial charge >= 0.3 is 0 Å². The molecule has 0 aliphatic carbocycles. The minimum absolute atomic E-state index is 0.128. The molecule has 0 N–H and O–H groups in total. The lowest BCUT2D eigenvalue weighted by molar-refractivity contribution is -0.219. The molecule has 3 aliphatic rings. The van der Waals surface area contributed by atoms with Gasteiger partial charge in [0.25, 0.3) is 0 Å². The van der Waals surface area contributed by atoms with Gasteiger partial charge in [-0.3, -0.25) is 4.79 Å². The number of Topliss-reactive ketones (excluding diaryl/α,β-unsaturated/α-hetero) is 1. The molecule has 0 aromatic heterocycles. The van der Waals surface area contributed by atoms with Crippen LogP contribution in [0.2, 0.25) is 0 Å². The third kappa shape index (κ3) is 1.98. The van der Waals surface area contributed by atoms with Crippen LogP contribution in [0.25, 0.3) is 0 Å². The van der Waals surface area contributed by atoms with Crippen LogP contribution >= 0.6 is 0 Å². The molecule has 4 atom stereocenters. The van der Waals surface area contributed by atoms with Crippen LogP contribution in [0, 0.1) is 0 Å². The molecular formula is C12H18O6. The molecule has 1 unspecified atom stereocenters. The minimum Gasteiger partial charge on any atom is -0.348 e. The Hall–Kier alpha value is -0.530. The van der Waals surface area contributed by atoms with E-state index in [1.165, 1.54) is 0 Å². The second-order valence-corrected chi connectivity index (χ2v) is 5.75. The van der Waals surface area contributed by atoms with E-state index >= 15 is 0 Å². The number of rotatable bonds is 1. The van der Waals surface area contributed by atoms with Crippen molar-refractivity contribution in [3.8, 4) is 0 Å². The predicted octanol–water partition coefficient (Wildman–Crippen LogP) is 0.583. The first-order chi connectivity index (χ1) is 8.27. The van der Waals surface area contributed by atoms with E-state index in [0.717, 1.165) is 0 Å². The SMILES string of the molecule is CC1(C)OC[C@@H](C2O[C@@H]3OC(C)(C)O[C@@H]3C2=O)O1. The smallest absolute Gasteiger partial charge is 0.198 e. The van der Waals surface area contributed by atoms with Crippen LogP contribution in [0.1, 0.15) is 27.7 Å². The van der Waals surface area contributed by atoms with Gasteiger partial charge in [0.15, 0.2) is 35.9 Å². The maximum atomic E-state index is 12.2. The molecule has 18 heavy (non-hydrogen) atoms. The average molecular weight is 258 g/mol. The van der Waals surface area contributed by atoms with Crippen molar-refractivity contribution >= 4 is 5.78 Å². The lowest BCUT2D eigenvalue weighted by Crippen LogP contribution is -2.39. The fraction of sp³-hybridized carbons (Fsp3) is 0.917. The first kappa shape index (κ1) is 12.5. The lowest BCUT2D eigenvalue weighted by Gasteiger charge is -2.23. The molecule has 6 heteroatoms. The molecule has 0 spiro atoms. The Morgan fingerprint density at radius 1 is 1.00 bits per heavy atom. The largest absolute Gasteiger partial charge is 0.348 e. The van der Waals surface area contributed by atoms with E-state index in [9.17, 15) is 4.79 Å². The van der Waals surface area contributed by atoms with E-state index in [4.69, 9.17) is 23.7 Å². The zero-order valence-corrected chi connectivity index (χ0v) is 11.0. The summed E-state index contributed by atoms with van der Waals surface area (Å²) in [5.41, 5.74) is 0. The Bertz CT molecular complexity index is 377. The number of fused-ring (bicyclic) bond motifs is 1. The third-order valence-corrected chi connectivity index (χ3v) is 3.27. The van der Waals surface area contributed by atoms with E-state index in [-0.39, 0.29) is 5.78 Å². The normalized spacial score (nSPS) is 45.4. The monoisotopic (exact) mass is 258 g/mol. The summed E-state index contributed by atoms with van der Waals surface area (Å²) >= 11 is 0. The Labute approximate surface area is 105 Å². The minimum atomic E-state index is -0.776. The van der Waals surface area contributed by atoms with Crippen molar-refractivity contribution in [3.63, 3.8) is 0 Å². The summed E-state index contributed by atoms with van der Waals surface area (Å²) in [5, 5.41) is 0. The molecule has 3 aliphatic heterocycles. The molecule has 3 heterocycles. The molecule has 6 nitrogen and oxygen atoms in total. The zero-order chi connectivity index (χ0) is 13.1. The standard InChI is InChI=1S/C12H18O6/c1-11(2)14-5-6(16-11)8-7(13)9-10(15-8)18-12(3,4)17-9/h6,8-10H,5H2,1-4H3/t6-,8?,9+,10+/m0/s1. The molecule has 3 saturated heterocycles. The van der Waals surface area contributed by atoms with Crippen LogP contribution in [-0.4, -0.2) is 48.6 Å². The molecule has 3 fully saturated rings. The van der Waals surface area contributed by atoms with Gasteiger partial charge in [-0.25, -0.2) is 0 Å². The van der Waals surface area contributed by atoms with Crippen molar-refractivity contribution in [1.82, 2.24) is 0 Å². The fourth-order valence-electron chi connectivity index (χ4n) is 2.53. The number of carbonyl (C=O) groups is 1. The van der Waals surface area contributed by atoms with Gasteiger partial charge in [-0.05, 0) is 27.7 Å². The Morgan fingerprint density at radius 2 is 1.72 bits per heavy atom. The molecule has 0 saturated carbocycles. The number of hydrogen-bond donors (Lipinski definition) is 0. The Kier molecular flexibility index (Phi) is 2.60. The molecule has 0 aromatic rings. The van der Waals surface area contributed by atoms with Gasteiger partial charge in [-0.2, -0.15) is 0 Å². The van der Waals surface area contributed by atoms with Gasteiger partial charge in [0.2, 0.25) is 0 Å². The molecule has 3 rings (SSSR count). The van der Waals surface area contributed by atoms with Crippen molar-refractivity contribution in [3.05, 3.63) is 0 Å². The van der Waals surface area contributed by atoms with E-state index < -0.39 is 36.2 Å². The maximum Gasteiger partial charge on any atom is 0.198 e. The first-order valence-electron chi connectivity index (χ1n) is 6.14. The van der Waals surface area contributed by atoms with Gasteiger partial charge in [0, 0.05) is 0 Å². The highest BCUT2D eigenvalue weighted by Gasteiger charge is 2.57. The topological polar surface area (TPSA) is 63.2 Å². The summed E-state index contributed by atoms with van der Waals surface area (Å²) in [6, 6.07) is 0. The molecule has 102 valence electrons. The zero-order valence-electron chi connectivity index (χ0n) is 11.0. The quantitative estimate of drug-likeness (QED) is 0.685. The highest BCUT2D eigenvalue weighted by atomic mass is 16.8. The van der Waals surface area contributed by atoms with E-state index in [0.29, 0.717) is 6.61 Å². The molecule has 0 bridgehead atoms. The van der Waals surface area contributed by atoms with Gasteiger partial charge in [-0.1, -0.05) is 0 Å². The third-order valence-electron chi connectivity index (χ3n) is 3.27. The summed E-state index contributed by atoms with van der Waals surface area (Å²) in [5.74, 6) is -1.58. The van der Waals surface area contributed by atoms with Crippen molar-refractivity contribution < 1.29 is 28.5 Å². The number of hydrogen-bond acceptors (Lipinski definition) is 6. The van der Waals surface area contributed by atoms with Gasteiger partial charge in [-0.15, -0.1) is 0 Å². The number of ether oxygens (including phenoxy) is 5. The van der Waals surface area contributed by atoms with Crippen molar-refractivity contribution in [2.45, 2.75) is 63.9 Å². The van der Waals surface area contributed by atoms with Crippen LogP contribution in [0.3, 0.4) is 0 Å². The average Bonchev–Trinajstić information content (AvgIpc) is 2.81. The van der Waals surface area contributed by atoms with E-state index in [1.807, 2.05) is 13.8 Å². The molecular weight excluding hydrogens is 240 g/mol. The second-order valence-electron chi connectivity index (χ2n) is 5.75. The van der Waals surface area contributed by atoms with Crippen LogP contribution in [0.5, 0.6) is 0 Å². The summed E-state index contributed by atoms with van der Waals surface area (Å²) < 4.78 is 27.7. The van der Waals surface area contributed by atoms with Crippen molar-refractivity contribution in [2.24, 2.45) is 0 Å². The summed E-state index contributed by atoms with van der Waals surface area (Å²) in [7, 11) is 0. The summed E-state index contributed by atoms with van der Waals surface area (Å²) in [6.45, 7) is 7.48. The highest BCUT2D eigenvalue weighted by molar-refractivity contribution is 5.90. The highest BCUT2D eigenvalue weighted by Crippen LogP contribution is 2.38. The molecule has 0 radical (unpaired) electrons. The van der Waals surface area contributed by atoms with Crippen LogP contribution in [-0.2, 0) is 28.5 Å².